The molecule has 0 atom stereocenters. The van der Waals surface area contributed by atoms with Crippen LogP contribution in [0.5, 0.6) is 5.75 Å². The van der Waals surface area contributed by atoms with Crippen molar-refractivity contribution in [1.29, 1.82) is 0 Å². The van der Waals surface area contributed by atoms with Crippen LogP contribution in [-0.4, -0.2) is 98.8 Å². The van der Waals surface area contributed by atoms with Crippen molar-refractivity contribution < 1.29 is 29.3 Å². The fraction of sp³-hybridized carbons (Fsp3) is 0.378. The van der Waals surface area contributed by atoms with Gasteiger partial charge in [-0.25, -0.2) is 19.6 Å². The molecule has 3 heterocycles. The van der Waals surface area contributed by atoms with Gasteiger partial charge in [0.25, 0.3) is 0 Å². The molecule has 13 heteroatoms. The molecule has 0 bridgehead atoms. The number of nitrogens with two attached hydrogens (primary N) is 1. The largest absolute Gasteiger partial charge is 0.495 e. The Morgan fingerprint density at radius 1 is 0.940 bits per heavy atom. The van der Waals surface area contributed by atoms with Crippen molar-refractivity contribution in [3.05, 3.63) is 78.8 Å². The van der Waals surface area contributed by atoms with Gasteiger partial charge in [-0.05, 0) is 62.4 Å². The molecular formula is C37H45N7O6. The lowest BCUT2D eigenvalue weighted by molar-refractivity contribution is -0.134. The summed E-state index contributed by atoms with van der Waals surface area (Å²) >= 11 is 0. The first-order valence-electron chi connectivity index (χ1n) is 16.8. The topological polar surface area (TPSA) is 176 Å². The number of aliphatic carboxylic acids is 2. The molecule has 2 aromatic heterocycles. The number of nitrogen functional groups attached to an aromatic ring is 1. The fourth-order valence-corrected chi connectivity index (χ4v) is 6.71. The minimum Gasteiger partial charge on any atom is -0.495 e. The molecule has 0 unspecified atom stereocenters. The number of anilines is 2. The number of nitrogens with one attached hydrogen (secondary N) is 1. The van der Waals surface area contributed by atoms with Gasteiger partial charge in [0.1, 0.15) is 23.5 Å². The van der Waals surface area contributed by atoms with Gasteiger partial charge in [-0.1, -0.05) is 36.4 Å². The van der Waals surface area contributed by atoms with E-state index in [1.807, 2.05) is 48.5 Å². The van der Waals surface area contributed by atoms with Crippen molar-refractivity contribution >= 4 is 40.4 Å². The summed E-state index contributed by atoms with van der Waals surface area (Å²) in [6.07, 6.45) is 10.5. The van der Waals surface area contributed by atoms with E-state index in [-0.39, 0.29) is 5.91 Å². The average molecular weight is 684 g/mol. The number of methoxy groups -OCH3 is 1. The van der Waals surface area contributed by atoms with Crippen LogP contribution in [0.4, 0.5) is 11.5 Å². The van der Waals surface area contributed by atoms with Crippen LogP contribution in [0.2, 0.25) is 0 Å². The highest BCUT2D eigenvalue weighted by molar-refractivity contribution is 6.01. The number of carboxylic acid groups (broad SMARTS) is 2. The first kappa shape index (κ1) is 36.0. The highest BCUT2D eigenvalue weighted by Crippen LogP contribution is 2.40. The second kappa shape index (κ2) is 16.9. The number of aromatic nitrogens is 3. The number of aryl methyl sites for hydroxylation is 1. The van der Waals surface area contributed by atoms with Crippen LogP contribution in [0.3, 0.4) is 0 Å². The first-order chi connectivity index (χ1) is 24.1. The molecule has 1 aliphatic carbocycles. The zero-order valence-electron chi connectivity index (χ0n) is 28.5. The summed E-state index contributed by atoms with van der Waals surface area (Å²) < 4.78 is 8.04. The number of carbonyl (C=O) groups excluding carboxylic acids is 1. The normalized spacial score (nSPS) is 18.4. The molecule has 13 nitrogen and oxygen atoms in total. The molecule has 1 amide bonds. The lowest BCUT2D eigenvalue weighted by atomic mass is 9.89. The van der Waals surface area contributed by atoms with Crippen molar-refractivity contribution in [1.82, 2.24) is 24.3 Å². The molecule has 264 valence electrons. The number of ether oxygens (including phenoxy) is 1. The fourth-order valence-electron chi connectivity index (χ4n) is 6.71. The number of piperazine rings is 1. The molecule has 4 aromatic rings. The van der Waals surface area contributed by atoms with Crippen molar-refractivity contribution in [3.8, 4) is 16.9 Å². The van der Waals surface area contributed by atoms with Crippen molar-refractivity contribution in [2.75, 3.05) is 51.4 Å². The van der Waals surface area contributed by atoms with E-state index in [2.05, 4.69) is 37.9 Å². The van der Waals surface area contributed by atoms with Gasteiger partial charge in [-0.15, -0.1) is 0 Å². The van der Waals surface area contributed by atoms with Crippen molar-refractivity contribution in [2.24, 2.45) is 0 Å². The van der Waals surface area contributed by atoms with Gasteiger partial charge in [0.15, 0.2) is 0 Å². The van der Waals surface area contributed by atoms with Gasteiger partial charge in [0.05, 0.1) is 18.2 Å². The van der Waals surface area contributed by atoms with E-state index in [4.69, 9.17) is 25.7 Å². The molecule has 2 fully saturated rings. The highest BCUT2D eigenvalue weighted by atomic mass is 16.5. The van der Waals surface area contributed by atoms with E-state index in [1.54, 1.807) is 13.4 Å². The smallest absolute Gasteiger partial charge is 0.328 e. The number of carboxylic acids is 2. The molecule has 5 N–H and O–H groups in total. The Kier molecular flexibility index (Phi) is 12.2. The SMILES string of the molecule is COc1cc(-c2cn(C3CCC(N4CCN(C)CC4)CC3)c3ncnc(N)c23)ccc1NC(=O)CCc1ccccc1.O=C(O)/C=C\C(=O)O. The number of benzene rings is 2. The predicted octanol–water partition coefficient (Wildman–Crippen LogP) is 4.70. The van der Waals surface area contributed by atoms with E-state index in [0.29, 0.717) is 54.3 Å². The third kappa shape index (κ3) is 9.24. The molecule has 0 spiro atoms. The predicted molar refractivity (Wildman–Crippen MR) is 192 cm³/mol. The molecule has 50 heavy (non-hydrogen) atoms. The lowest BCUT2D eigenvalue weighted by Crippen LogP contribution is -2.49. The van der Waals surface area contributed by atoms with Crippen molar-refractivity contribution in [2.45, 2.75) is 50.6 Å². The Balaban J connectivity index is 0.000000544. The Morgan fingerprint density at radius 3 is 2.24 bits per heavy atom. The van der Waals surface area contributed by atoms with E-state index in [9.17, 15) is 14.4 Å². The average Bonchev–Trinajstić information content (AvgIpc) is 3.52. The van der Waals surface area contributed by atoms with Gasteiger partial charge < -0.3 is 35.5 Å². The van der Waals surface area contributed by atoms with Crippen LogP contribution in [0.25, 0.3) is 22.2 Å². The van der Waals surface area contributed by atoms with Gasteiger partial charge in [-0.2, -0.15) is 0 Å². The highest BCUT2D eigenvalue weighted by Gasteiger charge is 2.30. The summed E-state index contributed by atoms with van der Waals surface area (Å²) in [5.74, 6) is -1.49. The monoisotopic (exact) mass is 683 g/mol. The van der Waals surface area contributed by atoms with E-state index in [0.717, 1.165) is 66.7 Å². The lowest BCUT2D eigenvalue weighted by Gasteiger charge is -2.41. The maximum Gasteiger partial charge on any atom is 0.328 e. The van der Waals surface area contributed by atoms with Crippen LogP contribution in [0.15, 0.2) is 73.2 Å². The summed E-state index contributed by atoms with van der Waals surface area (Å²) in [7, 11) is 3.83. The zero-order chi connectivity index (χ0) is 35.6. The Bertz CT molecular complexity index is 1790. The summed E-state index contributed by atoms with van der Waals surface area (Å²) in [6, 6.07) is 16.9. The molecule has 2 aromatic carbocycles. The second-order valence-electron chi connectivity index (χ2n) is 12.7. The molecular weight excluding hydrogens is 638 g/mol. The van der Waals surface area contributed by atoms with E-state index in [1.165, 1.54) is 12.8 Å². The standard InChI is InChI=1S/C33H41N7O2.C4H4O4/c1-38-16-18-39(19-17-38)25-10-12-26(13-11-25)40-21-27(31-32(34)35-22-36-33(31)40)24-9-14-28(29(20-24)42-2)37-30(41)15-8-23-6-4-3-5-7-23;5-3(6)1-2-4(7)8/h3-7,9,14,20-22,25-26H,8,10-13,15-19H2,1-2H3,(H,37,41)(H2,34,35,36);1-2H,(H,5,6)(H,7,8)/b;2-1-. The van der Waals surface area contributed by atoms with Gasteiger partial charge >= 0.3 is 11.9 Å². The summed E-state index contributed by atoms with van der Waals surface area (Å²) in [5, 5.41) is 19.5. The van der Waals surface area contributed by atoms with Crippen molar-refractivity contribution in [3.63, 3.8) is 0 Å². The Hall–Kier alpha value is -5.27. The number of likely N-dealkylation sites (N-methyl/N-ethyl adjacent to an activating group) is 1. The van der Waals surface area contributed by atoms with Crippen LogP contribution < -0.4 is 15.8 Å². The number of hydrogen-bond donors (Lipinski definition) is 4. The number of nitrogens with zero attached hydrogens (tertiary/aromatic N) is 5. The van der Waals surface area contributed by atoms with Crippen LogP contribution in [-0.2, 0) is 20.8 Å². The number of fused-ring (bicyclic) bond motifs is 1. The molecule has 0 radical (unpaired) electrons. The quantitative estimate of drug-likeness (QED) is 0.170. The number of hydrogen-bond acceptors (Lipinski definition) is 9. The summed E-state index contributed by atoms with van der Waals surface area (Å²) in [6.45, 7) is 4.64. The summed E-state index contributed by atoms with van der Waals surface area (Å²) in [5.41, 5.74) is 11.0. The van der Waals surface area contributed by atoms with Crippen LogP contribution in [0.1, 0.15) is 43.7 Å². The molecule has 6 rings (SSSR count). The maximum atomic E-state index is 12.7. The number of amides is 1. The third-order valence-corrected chi connectivity index (χ3v) is 9.39. The third-order valence-electron chi connectivity index (χ3n) is 9.39. The molecule has 2 aliphatic rings. The molecule has 1 aliphatic heterocycles. The van der Waals surface area contributed by atoms with Gasteiger partial charge in [0.2, 0.25) is 5.91 Å². The molecule has 1 saturated heterocycles. The van der Waals surface area contributed by atoms with E-state index >= 15 is 0 Å². The number of rotatable bonds is 10. The minimum absolute atomic E-state index is 0.0497. The van der Waals surface area contributed by atoms with Crippen LogP contribution in [0, 0.1) is 0 Å². The Labute approximate surface area is 291 Å². The van der Waals surface area contributed by atoms with Gasteiger partial charge in [0, 0.05) is 68.6 Å². The van der Waals surface area contributed by atoms with E-state index < -0.39 is 11.9 Å². The molecule has 1 saturated carbocycles. The van der Waals surface area contributed by atoms with Crippen LogP contribution >= 0.6 is 0 Å². The Morgan fingerprint density at radius 2 is 1.60 bits per heavy atom. The van der Waals surface area contributed by atoms with Gasteiger partial charge in [-0.3, -0.25) is 9.69 Å². The first-order valence-corrected chi connectivity index (χ1v) is 16.8. The zero-order valence-corrected chi connectivity index (χ0v) is 28.5. The maximum absolute atomic E-state index is 12.7. The minimum atomic E-state index is -1.26. The summed E-state index contributed by atoms with van der Waals surface area (Å²) in [4.78, 5) is 46.0. The number of carbonyl (C=O) groups is 3. The second-order valence-corrected chi connectivity index (χ2v) is 12.7.